The Kier molecular flexibility index (Phi) is 4.18. The molecule has 1 unspecified atom stereocenters. The van der Waals surface area contributed by atoms with Gasteiger partial charge in [0.1, 0.15) is 0 Å². The molecule has 2 saturated heterocycles. The fourth-order valence-electron chi connectivity index (χ4n) is 2.39. The van der Waals surface area contributed by atoms with Crippen LogP contribution >= 0.6 is 0 Å². The summed E-state index contributed by atoms with van der Waals surface area (Å²) in [6.07, 6.45) is 2.14. The Hall–Kier alpha value is -0.170. The highest BCUT2D eigenvalue weighted by Crippen LogP contribution is 2.15. The van der Waals surface area contributed by atoms with E-state index in [1.807, 2.05) is 0 Å². The average Bonchev–Trinajstić information content (AvgIpc) is 2.31. The molecule has 0 amide bonds. The van der Waals surface area contributed by atoms with Gasteiger partial charge in [0.25, 0.3) is 0 Å². The molecule has 2 rings (SSSR count). The normalized spacial score (nSPS) is 29.1. The highest BCUT2D eigenvalue weighted by Gasteiger charge is 2.27. The molecule has 2 heterocycles. The van der Waals surface area contributed by atoms with Crippen LogP contribution in [0.25, 0.3) is 0 Å². The second-order valence-electron chi connectivity index (χ2n) is 4.64. The molecule has 0 aromatic heterocycles. The van der Waals surface area contributed by atoms with Crippen molar-refractivity contribution >= 4 is 10.0 Å². The number of hydrogen-bond donors (Lipinski definition) is 2. The number of piperazine rings is 1. The van der Waals surface area contributed by atoms with E-state index < -0.39 is 10.0 Å². The molecular weight excluding hydrogens is 226 g/mol. The van der Waals surface area contributed by atoms with Crippen molar-refractivity contribution in [2.75, 3.05) is 45.0 Å². The second kappa shape index (κ2) is 5.44. The number of hydrogen-bond acceptors (Lipinski definition) is 4. The lowest BCUT2D eigenvalue weighted by Gasteiger charge is -2.29. The first-order chi connectivity index (χ1) is 7.68. The van der Waals surface area contributed by atoms with Gasteiger partial charge in [0, 0.05) is 26.2 Å². The molecule has 0 bridgehead atoms. The summed E-state index contributed by atoms with van der Waals surface area (Å²) in [6, 6.07) is 0. The quantitative estimate of drug-likeness (QED) is 0.687. The summed E-state index contributed by atoms with van der Waals surface area (Å²) in [5.41, 5.74) is 0. The van der Waals surface area contributed by atoms with Gasteiger partial charge >= 0.3 is 0 Å². The molecule has 0 saturated carbocycles. The lowest BCUT2D eigenvalue weighted by Crippen LogP contribution is -2.48. The fraction of sp³-hybridized carbons (Fsp3) is 1.00. The minimum atomic E-state index is -3.03. The maximum Gasteiger partial charge on any atom is 0.214 e. The first kappa shape index (κ1) is 12.3. The van der Waals surface area contributed by atoms with Crippen molar-refractivity contribution in [1.82, 2.24) is 14.9 Å². The molecule has 1 atom stereocenters. The maximum absolute atomic E-state index is 12.1. The Morgan fingerprint density at radius 1 is 1.12 bits per heavy atom. The van der Waals surface area contributed by atoms with Crippen molar-refractivity contribution in [2.45, 2.75) is 12.8 Å². The van der Waals surface area contributed by atoms with Crippen molar-refractivity contribution < 1.29 is 8.42 Å². The number of piperidine rings is 1. The molecule has 2 aliphatic heterocycles. The van der Waals surface area contributed by atoms with Gasteiger partial charge in [-0.1, -0.05) is 0 Å². The fourth-order valence-corrected chi connectivity index (χ4v) is 4.22. The topological polar surface area (TPSA) is 61.4 Å². The van der Waals surface area contributed by atoms with Crippen LogP contribution < -0.4 is 10.6 Å². The van der Waals surface area contributed by atoms with Crippen LogP contribution in [0.1, 0.15) is 12.8 Å². The summed E-state index contributed by atoms with van der Waals surface area (Å²) in [5, 5.41) is 6.44. The minimum absolute atomic E-state index is 0.300. The van der Waals surface area contributed by atoms with Crippen molar-refractivity contribution in [1.29, 1.82) is 0 Å². The van der Waals surface area contributed by atoms with Crippen LogP contribution in [0.3, 0.4) is 0 Å². The SMILES string of the molecule is O=S(=O)(CC1CCCNC1)N1CCNCC1. The zero-order valence-electron chi connectivity index (χ0n) is 9.61. The van der Waals surface area contributed by atoms with Crippen molar-refractivity contribution in [3.8, 4) is 0 Å². The lowest BCUT2D eigenvalue weighted by atomic mass is 10.0. The average molecular weight is 247 g/mol. The van der Waals surface area contributed by atoms with E-state index in [2.05, 4.69) is 10.6 Å². The van der Waals surface area contributed by atoms with E-state index in [0.29, 0.717) is 24.8 Å². The van der Waals surface area contributed by atoms with Gasteiger partial charge in [0.15, 0.2) is 0 Å². The smallest absolute Gasteiger partial charge is 0.214 e. The highest BCUT2D eigenvalue weighted by molar-refractivity contribution is 7.89. The van der Waals surface area contributed by atoms with E-state index in [4.69, 9.17) is 0 Å². The Labute approximate surface area is 97.6 Å². The maximum atomic E-state index is 12.1. The Balaban J connectivity index is 1.90. The first-order valence-electron chi connectivity index (χ1n) is 6.08. The van der Waals surface area contributed by atoms with Crippen LogP contribution in [-0.2, 0) is 10.0 Å². The van der Waals surface area contributed by atoms with Gasteiger partial charge in [-0.3, -0.25) is 0 Å². The highest BCUT2D eigenvalue weighted by atomic mass is 32.2. The Morgan fingerprint density at radius 3 is 2.50 bits per heavy atom. The summed E-state index contributed by atoms with van der Waals surface area (Å²) >= 11 is 0. The molecule has 0 spiro atoms. The number of nitrogens with zero attached hydrogens (tertiary/aromatic N) is 1. The summed E-state index contributed by atoms with van der Waals surface area (Å²) in [6.45, 7) is 4.70. The molecule has 0 aliphatic carbocycles. The first-order valence-corrected chi connectivity index (χ1v) is 7.69. The summed E-state index contributed by atoms with van der Waals surface area (Å²) in [5.74, 6) is 0.619. The molecule has 6 heteroatoms. The van der Waals surface area contributed by atoms with Crippen LogP contribution in [-0.4, -0.2) is 57.7 Å². The predicted molar refractivity (Wildman–Crippen MR) is 63.8 cm³/mol. The standard InChI is InChI=1S/C10H21N3O2S/c14-16(15,13-6-4-11-5-7-13)9-10-2-1-3-12-8-10/h10-12H,1-9H2. The van der Waals surface area contributed by atoms with E-state index in [1.165, 1.54) is 0 Å². The number of rotatable bonds is 3. The van der Waals surface area contributed by atoms with Crippen molar-refractivity contribution in [3.05, 3.63) is 0 Å². The summed E-state index contributed by atoms with van der Waals surface area (Å²) in [4.78, 5) is 0. The molecule has 5 nitrogen and oxygen atoms in total. The molecule has 2 aliphatic rings. The van der Waals surface area contributed by atoms with Crippen LogP contribution in [0.2, 0.25) is 0 Å². The van der Waals surface area contributed by atoms with Gasteiger partial charge in [0.05, 0.1) is 5.75 Å². The third-order valence-electron chi connectivity index (χ3n) is 3.31. The van der Waals surface area contributed by atoms with Gasteiger partial charge in [-0.2, -0.15) is 4.31 Å². The van der Waals surface area contributed by atoms with E-state index in [9.17, 15) is 8.42 Å². The van der Waals surface area contributed by atoms with E-state index in [1.54, 1.807) is 4.31 Å². The number of sulfonamides is 1. The molecule has 0 aromatic carbocycles. The van der Waals surface area contributed by atoms with E-state index in [0.717, 1.165) is 39.0 Å². The molecular formula is C10H21N3O2S. The predicted octanol–water partition coefficient (Wildman–Crippen LogP) is -0.779. The van der Waals surface area contributed by atoms with Gasteiger partial charge in [0.2, 0.25) is 10.0 Å². The van der Waals surface area contributed by atoms with Crippen LogP contribution in [0.5, 0.6) is 0 Å². The molecule has 94 valence electrons. The third kappa shape index (κ3) is 3.16. The van der Waals surface area contributed by atoms with Crippen molar-refractivity contribution in [2.24, 2.45) is 5.92 Å². The molecule has 16 heavy (non-hydrogen) atoms. The largest absolute Gasteiger partial charge is 0.316 e. The van der Waals surface area contributed by atoms with Crippen LogP contribution in [0.15, 0.2) is 0 Å². The van der Waals surface area contributed by atoms with Crippen LogP contribution in [0.4, 0.5) is 0 Å². The van der Waals surface area contributed by atoms with E-state index >= 15 is 0 Å². The zero-order chi connectivity index (χ0) is 11.4. The zero-order valence-corrected chi connectivity index (χ0v) is 10.4. The summed E-state index contributed by atoms with van der Waals surface area (Å²) in [7, 11) is -3.03. The minimum Gasteiger partial charge on any atom is -0.316 e. The third-order valence-corrected chi connectivity index (χ3v) is 5.36. The Bertz CT molecular complexity index is 306. The van der Waals surface area contributed by atoms with Crippen molar-refractivity contribution in [3.63, 3.8) is 0 Å². The monoisotopic (exact) mass is 247 g/mol. The molecule has 2 N–H and O–H groups in total. The van der Waals surface area contributed by atoms with E-state index in [-0.39, 0.29) is 0 Å². The van der Waals surface area contributed by atoms with Crippen LogP contribution in [0, 0.1) is 5.92 Å². The van der Waals surface area contributed by atoms with Gasteiger partial charge < -0.3 is 10.6 Å². The molecule has 2 fully saturated rings. The molecule has 0 aromatic rings. The summed E-state index contributed by atoms with van der Waals surface area (Å²) < 4.78 is 25.9. The number of nitrogens with one attached hydrogen (secondary N) is 2. The van der Waals surface area contributed by atoms with Gasteiger partial charge in [-0.25, -0.2) is 8.42 Å². The van der Waals surface area contributed by atoms with Gasteiger partial charge in [-0.15, -0.1) is 0 Å². The molecule has 0 radical (unpaired) electrons. The second-order valence-corrected chi connectivity index (χ2v) is 6.65. The lowest BCUT2D eigenvalue weighted by molar-refractivity contribution is 0.347. The van der Waals surface area contributed by atoms with Gasteiger partial charge in [-0.05, 0) is 31.8 Å². The Morgan fingerprint density at radius 2 is 1.88 bits per heavy atom.